The predicted molar refractivity (Wildman–Crippen MR) is 145 cm³/mol. The molecule has 1 aliphatic rings. The largest absolute Gasteiger partial charge is 0.505 e. The van der Waals surface area contributed by atoms with Gasteiger partial charge in [-0.3, -0.25) is 24.0 Å². The fourth-order valence-electron chi connectivity index (χ4n) is 4.64. The highest BCUT2D eigenvalue weighted by atomic mass is 16.5. The van der Waals surface area contributed by atoms with Crippen LogP contribution in [0.2, 0.25) is 0 Å². The van der Waals surface area contributed by atoms with E-state index in [1.165, 1.54) is 6.92 Å². The highest BCUT2D eigenvalue weighted by Crippen LogP contribution is 2.30. The van der Waals surface area contributed by atoms with Crippen molar-refractivity contribution in [2.75, 3.05) is 19.0 Å². The number of phenolic OH excluding ortho intramolecular Hbond substituents is 1. The number of hydrogen-bond acceptors (Lipinski definition) is 9. The third kappa shape index (κ3) is 6.97. The van der Waals surface area contributed by atoms with Gasteiger partial charge in [-0.2, -0.15) is 0 Å². The Bertz CT molecular complexity index is 1240. The third-order valence-corrected chi connectivity index (χ3v) is 7.00. The van der Waals surface area contributed by atoms with Crippen LogP contribution in [0.5, 0.6) is 5.75 Å². The second-order valence-electron chi connectivity index (χ2n) is 10.5. The maximum atomic E-state index is 13.5. The van der Waals surface area contributed by atoms with Crippen LogP contribution in [0.15, 0.2) is 48.5 Å². The van der Waals surface area contributed by atoms with Crippen LogP contribution in [0.3, 0.4) is 0 Å². The molecule has 1 aliphatic carbocycles. The van der Waals surface area contributed by atoms with Gasteiger partial charge in [-0.25, -0.2) is 0 Å². The molecule has 4 atom stereocenters. The molecule has 0 aliphatic heterocycles. The number of benzene rings is 2. The van der Waals surface area contributed by atoms with Gasteiger partial charge in [-0.15, -0.1) is 0 Å². The van der Waals surface area contributed by atoms with Crippen LogP contribution in [-0.2, 0) is 41.7 Å². The number of hydrogen-bond donors (Lipinski definition) is 2. The normalized spacial score (nSPS) is 22.3. The number of carbonyl (C=O) groups excluding carboxylic acids is 5. The minimum atomic E-state index is -1.28. The summed E-state index contributed by atoms with van der Waals surface area (Å²) in [7, 11) is 3.54. The fraction of sp³-hybridized carbons (Fsp3) is 0.433. The Kier molecular flexibility index (Phi) is 9.75. The lowest BCUT2D eigenvalue weighted by Gasteiger charge is -2.29. The van der Waals surface area contributed by atoms with E-state index in [-0.39, 0.29) is 18.7 Å². The monoisotopic (exact) mass is 536 g/mol. The van der Waals surface area contributed by atoms with Crippen molar-refractivity contribution >= 4 is 34.8 Å². The molecule has 2 aromatic rings. The number of Topliss-reactive ketones (excluding diaryl/α,β-unsaturated/α-hetero) is 4. The van der Waals surface area contributed by atoms with Crippen LogP contribution in [-0.4, -0.2) is 60.4 Å². The summed E-state index contributed by atoms with van der Waals surface area (Å²) in [6, 6.07) is 12.8. The van der Waals surface area contributed by atoms with Crippen LogP contribution in [0.1, 0.15) is 38.3 Å². The van der Waals surface area contributed by atoms with Gasteiger partial charge in [0.15, 0.2) is 0 Å². The minimum Gasteiger partial charge on any atom is -0.505 e. The first kappa shape index (κ1) is 29.7. The Labute approximate surface area is 228 Å². The molecule has 0 bridgehead atoms. The van der Waals surface area contributed by atoms with Gasteiger partial charge in [0.25, 0.3) is 0 Å². The average molecular weight is 537 g/mol. The molecular weight excluding hydrogens is 500 g/mol. The summed E-state index contributed by atoms with van der Waals surface area (Å²) in [5.74, 6) is -6.80. The molecule has 9 heteroatoms. The van der Waals surface area contributed by atoms with Gasteiger partial charge in [0.2, 0.25) is 23.1 Å². The SMILES string of the molecule is CC(C)C(=O)O[C@@H]1[C@H](C)C(=O)C(=O)[C@@H](NCc2cccc(N(C)C)c2O)CC(=O)C(=O)[C@@H]1Cc1ccccc1. The zero-order valence-corrected chi connectivity index (χ0v) is 23.0. The Hall–Kier alpha value is -3.85. The molecular formula is C30H36N2O7. The van der Waals surface area contributed by atoms with Crippen LogP contribution >= 0.6 is 0 Å². The van der Waals surface area contributed by atoms with Crippen molar-refractivity contribution in [2.45, 2.75) is 52.3 Å². The molecule has 2 N–H and O–H groups in total. The molecule has 0 aromatic heterocycles. The second-order valence-corrected chi connectivity index (χ2v) is 10.5. The number of ketones is 4. The summed E-state index contributed by atoms with van der Waals surface area (Å²) in [5, 5.41) is 13.5. The minimum absolute atomic E-state index is 0.00352. The van der Waals surface area contributed by atoms with E-state index in [4.69, 9.17) is 4.74 Å². The van der Waals surface area contributed by atoms with Gasteiger partial charge in [0.05, 0.1) is 29.5 Å². The average Bonchev–Trinajstić information content (AvgIpc) is 2.93. The van der Waals surface area contributed by atoms with Gasteiger partial charge >= 0.3 is 5.97 Å². The van der Waals surface area contributed by atoms with E-state index >= 15 is 0 Å². The Morgan fingerprint density at radius 1 is 1.00 bits per heavy atom. The lowest BCUT2D eigenvalue weighted by molar-refractivity contribution is -0.163. The standard InChI is InChI=1S/C30H36N2O7/c1-17(2)30(38)39-29-18(3)25(34)28(37)22(31-16-20-12-9-13-23(26(20)35)32(4)5)15-24(33)27(36)21(29)14-19-10-7-6-8-11-19/h6-13,17-18,21-22,29,31,35H,14-16H2,1-5H3/t18-,21+,22+,29-/m1/s1. The van der Waals surface area contributed by atoms with E-state index < -0.39 is 65.4 Å². The van der Waals surface area contributed by atoms with E-state index in [2.05, 4.69) is 5.32 Å². The summed E-state index contributed by atoms with van der Waals surface area (Å²) in [4.78, 5) is 67.8. The van der Waals surface area contributed by atoms with Crippen molar-refractivity contribution in [1.29, 1.82) is 0 Å². The van der Waals surface area contributed by atoms with E-state index in [0.29, 0.717) is 11.3 Å². The Morgan fingerprint density at radius 2 is 1.67 bits per heavy atom. The number of para-hydroxylation sites is 1. The number of anilines is 1. The maximum absolute atomic E-state index is 13.5. The zero-order chi connectivity index (χ0) is 28.9. The summed E-state index contributed by atoms with van der Waals surface area (Å²) < 4.78 is 5.65. The third-order valence-electron chi connectivity index (χ3n) is 7.00. The molecule has 39 heavy (non-hydrogen) atoms. The van der Waals surface area contributed by atoms with E-state index in [9.17, 15) is 29.1 Å². The molecule has 1 saturated carbocycles. The second kappa shape index (κ2) is 12.8. The van der Waals surface area contributed by atoms with Crippen LogP contribution in [0.25, 0.3) is 0 Å². The number of rotatable bonds is 8. The fourth-order valence-corrected chi connectivity index (χ4v) is 4.64. The molecule has 0 heterocycles. The number of nitrogens with one attached hydrogen (secondary N) is 1. The first-order valence-corrected chi connectivity index (χ1v) is 13.0. The van der Waals surface area contributed by atoms with Crippen LogP contribution < -0.4 is 10.2 Å². The van der Waals surface area contributed by atoms with Gasteiger partial charge < -0.3 is 20.1 Å². The quantitative estimate of drug-likeness (QED) is 0.386. The van der Waals surface area contributed by atoms with Gasteiger partial charge in [0.1, 0.15) is 11.9 Å². The van der Waals surface area contributed by atoms with Crippen molar-refractivity contribution in [1.82, 2.24) is 5.32 Å². The maximum Gasteiger partial charge on any atom is 0.308 e. The predicted octanol–water partition coefficient (Wildman–Crippen LogP) is 2.66. The highest BCUT2D eigenvalue weighted by molar-refractivity contribution is 6.44. The molecule has 9 nitrogen and oxygen atoms in total. The van der Waals surface area contributed by atoms with Crippen LogP contribution in [0.4, 0.5) is 5.69 Å². The topological polar surface area (TPSA) is 130 Å². The summed E-state index contributed by atoms with van der Waals surface area (Å²) in [6.45, 7) is 4.67. The molecule has 2 aromatic carbocycles. The van der Waals surface area contributed by atoms with Crippen molar-refractivity contribution in [3.8, 4) is 5.75 Å². The number of esters is 1. The molecule has 208 valence electrons. The summed E-state index contributed by atoms with van der Waals surface area (Å²) >= 11 is 0. The molecule has 3 rings (SSSR count). The van der Waals surface area contributed by atoms with Crippen molar-refractivity contribution in [3.63, 3.8) is 0 Å². The molecule has 0 amide bonds. The molecule has 0 radical (unpaired) electrons. The van der Waals surface area contributed by atoms with E-state index in [1.54, 1.807) is 75.3 Å². The number of ether oxygens (including phenoxy) is 1. The van der Waals surface area contributed by atoms with Gasteiger partial charge in [0, 0.05) is 32.6 Å². The smallest absolute Gasteiger partial charge is 0.308 e. The van der Waals surface area contributed by atoms with Crippen LogP contribution in [0, 0.1) is 17.8 Å². The molecule has 0 spiro atoms. The lowest BCUT2D eigenvalue weighted by atomic mass is 9.81. The lowest BCUT2D eigenvalue weighted by Crippen LogP contribution is -2.46. The Balaban J connectivity index is 1.95. The number of nitrogens with zero attached hydrogens (tertiary/aromatic N) is 1. The number of phenols is 1. The first-order valence-electron chi connectivity index (χ1n) is 13.0. The molecule has 0 unspecified atom stereocenters. The molecule has 1 fully saturated rings. The van der Waals surface area contributed by atoms with Crippen molar-refractivity contribution < 1.29 is 33.8 Å². The van der Waals surface area contributed by atoms with Crippen molar-refractivity contribution in [2.24, 2.45) is 17.8 Å². The summed E-state index contributed by atoms with van der Waals surface area (Å²) in [6.07, 6.45) is -1.75. The Morgan fingerprint density at radius 3 is 2.28 bits per heavy atom. The first-order chi connectivity index (χ1) is 18.4. The summed E-state index contributed by atoms with van der Waals surface area (Å²) in [5.41, 5.74) is 1.74. The van der Waals surface area contributed by atoms with E-state index in [0.717, 1.165) is 5.56 Å². The number of carbonyl (C=O) groups is 5. The van der Waals surface area contributed by atoms with Crippen molar-refractivity contribution in [3.05, 3.63) is 59.7 Å². The van der Waals surface area contributed by atoms with Gasteiger partial charge in [-0.05, 0) is 18.1 Å². The number of aromatic hydroxyl groups is 1. The van der Waals surface area contributed by atoms with E-state index in [1.807, 2.05) is 6.07 Å². The zero-order valence-electron chi connectivity index (χ0n) is 23.0. The highest BCUT2D eigenvalue weighted by Gasteiger charge is 2.46. The van der Waals surface area contributed by atoms with Gasteiger partial charge in [-0.1, -0.05) is 63.2 Å². The molecule has 0 saturated heterocycles.